The van der Waals surface area contributed by atoms with Crippen molar-refractivity contribution in [2.24, 2.45) is 0 Å². The van der Waals surface area contributed by atoms with Crippen molar-refractivity contribution < 1.29 is 0 Å². The molecule has 134 valence electrons. The number of aromatic nitrogens is 5. The van der Waals surface area contributed by atoms with Crippen LogP contribution in [0.5, 0.6) is 0 Å². The van der Waals surface area contributed by atoms with Crippen molar-refractivity contribution >= 4 is 28.7 Å². The van der Waals surface area contributed by atoms with Gasteiger partial charge in [0.1, 0.15) is 18.0 Å². The van der Waals surface area contributed by atoms with Gasteiger partial charge < -0.3 is 5.73 Å². The van der Waals surface area contributed by atoms with Gasteiger partial charge in [-0.15, -0.1) is 11.6 Å². The smallest absolute Gasteiger partial charge is 0.199 e. The quantitative estimate of drug-likeness (QED) is 0.535. The van der Waals surface area contributed by atoms with E-state index in [0.29, 0.717) is 22.9 Å². The molecule has 8 nitrogen and oxygen atoms in total. The zero-order valence-electron chi connectivity index (χ0n) is 14.3. The van der Waals surface area contributed by atoms with Gasteiger partial charge in [-0.1, -0.05) is 12.1 Å². The van der Waals surface area contributed by atoms with Gasteiger partial charge in [-0.3, -0.25) is 4.57 Å². The summed E-state index contributed by atoms with van der Waals surface area (Å²) in [6.07, 6.45) is 1.58. The number of hydrogen-bond acceptors (Lipinski definition) is 7. The largest absolute Gasteiger partial charge is 0.383 e. The number of nitrogens with two attached hydrogens (primary N) is 1. The summed E-state index contributed by atoms with van der Waals surface area (Å²) in [5, 5.41) is 18.6. The molecule has 0 saturated heterocycles. The molecule has 0 unspecified atom stereocenters. The lowest BCUT2D eigenvalue weighted by Crippen LogP contribution is -2.03. The highest BCUT2D eigenvalue weighted by Crippen LogP contribution is 2.30. The molecule has 0 aliphatic heterocycles. The first kappa shape index (κ1) is 17.4. The highest BCUT2D eigenvalue weighted by molar-refractivity contribution is 6.17. The van der Waals surface area contributed by atoms with Gasteiger partial charge in [0.25, 0.3) is 0 Å². The molecule has 28 heavy (non-hydrogen) atoms. The molecular weight excluding hydrogens is 376 g/mol. The van der Waals surface area contributed by atoms with Crippen LogP contribution in [0.25, 0.3) is 28.4 Å². The zero-order valence-corrected chi connectivity index (χ0v) is 15.1. The second-order valence-corrected chi connectivity index (χ2v) is 6.07. The van der Waals surface area contributed by atoms with Gasteiger partial charge in [0, 0.05) is 17.8 Å². The number of hydrogen-bond donors (Lipinski definition) is 1. The second-order valence-electron chi connectivity index (χ2n) is 5.80. The summed E-state index contributed by atoms with van der Waals surface area (Å²) in [6, 6.07) is 14.8. The molecule has 1 aromatic carbocycles. The third kappa shape index (κ3) is 2.78. The summed E-state index contributed by atoms with van der Waals surface area (Å²) in [5.74, 6) is 1.13. The predicted octanol–water partition coefficient (Wildman–Crippen LogP) is 2.94. The Morgan fingerprint density at radius 2 is 1.71 bits per heavy atom. The SMILES string of the molecule is N#Cc1nc2nc(-c3cccnc3N)n(-c3ccc(CCl)cc3)c2nc1C#N. The molecule has 0 spiro atoms. The first-order valence-electron chi connectivity index (χ1n) is 8.13. The van der Waals surface area contributed by atoms with Gasteiger partial charge >= 0.3 is 0 Å². The predicted molar refractivity (Wildman–Crippen MR) is 103 cm³/mol. The fraction of sp³-hybridized carbons (Fsp3) is 0.0526. The Bertz CT molecular complexity index is 1280. The highest BCUT2D eigenvalue weighted by atomic mass is 35.5. The van der Waals surface area contributed by atoms with E-state index in [1.807, 2.05) is 36.4 Å². The molecule has 0 fully saturated rings. The van der Waals surface area contributed by atoms with Crippen LogP contribution in [0.4, 0.5) is 5.82 Å². The second kappa shape index (κ2) is 6.95. The van der Waals surface area contributed by atoms with E-state index in [1.165, 1.54) is 0 Å². The number of rotatable bonds is 3. The summed E-state index contributed by atoms with van der Waals surface area (Å²) in [6.45, 7) is 0. The Hall–Kier alpha value is -4.01. The van der Waals surface area contributed by atoms with Crippen molar-refractivity contribution in [3.63, 3.8) is 0 Å². The topological polar surface area (TPSA) is 130 Å². The van der Waals surface area contributed by atoms with E-state index in [0.717, 1.165) is 11.3 Å². The minimum atomic E-state index is -0.0807. The molecule has 0 radical (unpaired) electrons. The van der Waals surface area contributed by atoms with Crippen molar-refractivity contribution in [2.45, 2.75) is 5.88 Å². The molecule has 4 aromatic rings. The van der Waals surface area contributed by atoms with Crippen LogP contribution in [0.15, 0.2) is 42.6 Å². The average Bonchev–Trinajstić information content (AvgIpc) is 3.11. The number of fused-ring (bicyclic) bond motifs is 1. The summed E-state index contributed by atoms with van der Waals surface area (Å²) in [5.41, 5.74) is 8.74. The fourth-order valence-corrected chi connectivity index (χ4v) is 2.99. The maximum absolute atomic E-state index is 9.33. The number of nitrogens with zero attached hydrogens (tertiary/aromatic N) is 7. The standard InChI is InChI=1S/C19H11ClN8/c20-8-11-3-5-12(6-4-11)28-18(13-2-1-7-24-16(13)23)27-17-19(28)26-15(10-22)14(9-21)25-17/h1-7H,8H2,(H2,23,24). The van der Waals surface area contributed by atoms with Gasteiger partial charge in [0.2, 0.25) is 0 Å². The molecule has 0 aliphatic carbocycles. The average molecular weight is 387 g/mol. The van der Waals surface area contributed by atoms with E-state index in [2.05, 4.69) is 19.9 Å². The molecule has 2 N–H and O–H groups in total. The monoisotopic (exact) mass is 386 g/mol. The normalized spacial score (nSPS) is 10.5. The molecule has 0 saturated carbocycles. The summed E-state index contributed by atoms with van der Waals surface area (Å²) in [4.78, 5) is 17.2. The molecule has 0 atom stereocenters. The Morgan fingerprint density at radius 1 is 1.00 bits per heavy atom. The van der Waals surface area contributed by atoms with Crippen LogP contribution in [0.2, 0.25) is 0 Å². The van der Waals surface area contributed by atoms with Crippen molar-refractivity contribution in [2.75, 3.05) is 5.73 Å². The number of imidazole rings is 1. The lowest BCUT2D eigenvalue weighted by atomic mass is 10.2. The molecule has 0 aliphatic rings. The van der Waals surface area contributed by atoms with Gasteiger partial charge in [0.15, 0.2) is 28.5 Å². The third-order valence-corrected chi connectivity index (χ3v) is 4.44. The minimum absolute atomic E-state index is 0.0702. The van der Waals surface area contributed by atoms with E-state index >= 15 is 0 Å². The lowest BCUT2D eigenvalue weighted by molar-refractivity contribution is 1.06. The third-order valence-electron chi connectivity index (χ3n) is 4.14. The zero-order chi connectivity index (χ0) is 19.7. The van der Waals surface area contributed by atoms with Gasteiger partial charge in [-0.25, -0.2) is 19.9 Å². The first-order valence-corrected chi connectivity index (χ1v) is 8.66. The minimum Gasteiger partial charge on any atom is -0.383 e. The molecule has 0 amide bonds. The van der Waals surface area contributed by atoms with Crippen molar-refractivity contribution in [3.05, 3.63) is 59.5 Å². The van der Waals surface area contributed by atoms with Crippen molar-refractivity contribution in [3.8, 4) is 29.2 Å². The van der Waals surface area contributed by atoms with Crippen LogP contribution >= 0.6 is 11.6 Å². The van der Waals surface area contributed by atoms with E-state index in [-0.39, 0.29) is 22.9 Å². The van der Waals surface area contributed by atoms with E-state index in [9.17, 15) is 10.5 Å². The van der Waals surface area contributed by atoms with Gasteiger partial charge in [-0.05, 0) is 29.8 Å². The summed E-state index contributed by atoms with van der Waals surface area (Å²) >= 11 is 5.89. The first-order chi connectivity index (χ1) is 13.7. The van der Waals surface area contributed by atoms with Crippen LogP contribution < -0.4 is 5.73 Å². The Kier molecular flexibility index (Phi) is 4.32. The van der Waals surface area contributed by atoms with Crippen LogP contribution in [-0.2, 0) is 5.88 Å². The molecular formula is C19H11ClN8. The number of pyridine rings is 1. The lowest BCUT2D eigenvalue weighted by Gasteiger charge is -2.10. The molecule has 4 rings (SSSR count). The molecule has 3 aromatic heterocycles. The number of nitriles is 2. The van der Waals surface area contributed by atoms with E-state index < -0.39 is 0 Å². The van der Waals surface area contributed by atoms with Crippen molar-refractivity contribution in [1.82, 2.24) is 24.5 Å². The fourth-order valence-electron chi connectivity index (χ4n) is 2.82. The number of halogens is 1. The number of alkyl halides is 1. The van der Waals surface area contributed by atoms with Crippen LogP contribution in [0, 0.1) is 22.7 Å². The summed E-state index contributed by atoms with van der Waals surface area (Å²) in [7, 11) is 0. The van der Waals surface area contributed by atoms with Gasteiger partial charge in [-0.2, -0.15) is 10.5 Å². The molecule has 9 heteroatoms. The van der Waals surface area contributed by atoms with Crippen LogP contribution in [0.3, 0.4) is 0 Å². The summed E-state index contributed by atoms with van der Waals surface area (Å²) < 4.78 is 1.73. The number of benzene rings is 1. The van der Waals surface area contributed by atoms with Crippen molar-refractivity contribution in [1.29, 1.82) is 10.5 Å². The van der Waals surface area contributed by atoms with Crippen LogP contribution in [-0.4, -0.2) is 24.5 Å². The van der Waals surface area contributed by atoms with Gasteiger partial charge in [0.05, 0.1) is 5.56 Å². The Morgan fingerprint density at radius 3 is 2.36 bits per heavy atom. The Labute approximate surface area is 164 Å². The molecule has 0 bridgehead atoms. The maximum Gasteiger partial charge on any atom is 0.199 e. The van der Waals surface area contributed by atoms with E-state index in [4.69, 9.17) is 17.3 Å². The highest BCUT2D eigenvalue weighted by Gasteiger charge is 2.21. The molecule has 3 heterocycles. The maximum atomic E-state index is 9.33. The Balaban J connectivity index is 2.09. The number of anilines is 1. The number of nitrogen functional groups attached to an aromatic ring is 1. The van der Waals surface area contributed by atoms with E-state index in [1.54, 1.807) is 22.9 Å². The van der Waals surface area contributed by atoms with Crippen LogP contribution in [0.1, 0.15) is 17.0 Å².